The Kier molecular flexibility index (Phi) is 4.68. The molecular weight excluding hydrogens is 214 g/mol. The Morgan fingerprint density at radius 3 is 2.76 bits per heavy atom. The van der Waals surface area contributed by atoms with Crippen molar-refractivity contribution in [3.05, 3.63) is 23.8 Å². The highest BCUT2D eigenvalue weighted by Gasteiger charge is 2.10. The summed E-state index contributed by atoms with van der Waals surface area (Å²) in [5.74, 6) is 1.78. The molecular formula is C14H21NO2. The molecule has 2 rings (SSSR count). The number of ether oxygens (including phenoxy) is 2. The van der Waals surface area contributed by atoms with Gasteiger partial charge in [0.05, 0.1) is 13.2 Å². The monoisotopic (exact) mass is 235 g/mol. The number of fused-ring (bicyclic) bond motifs is 1. The molecule has 1 aromatic rings. The molecule has 94 valence electrons. The van der Waals surface area contributed by atoms with E-state index in [0.29, 0.717) is 0 Å². The second-order valence-corrected chi connectivity index (χ2v) is 4.33. The van der Waals surface area contributed by atoms with Crippen molar-refractivity contribution in [1.82, 2.24) is 5.32 Å². The molecule has 1 heterocycles. The zero-order valence-corrected chi connectivity index (χ0v) is 10.5. The Balaban J connectivity index is 1.93. The van der Waals surface area contributed by atoms with Crippen LogP contribution in [0.4, 0.5) is 0 Å². The van der Waals surface area contributed by atoms with Gasteiger partial charge in [-0.3, -0.25) is 0 Å². The SMILES string of the molecule is CCCNCCc1ccc2c(c1)OCCCO2. The van der Waals surface area contributed by atoms with Crippen LogP contribution in [0.15, 0.2) is 18.2 Å². The van der Waals surface area contributed by atoms with E-state index >= 15 is 0 Å². The van der Waals surface area contributed by atoms with Crippen molar-refractivity contribution >= 4 is 0 Å². The summed E-state index contributed by atoms with van der Waals surface area (Å²) in [5, 5.41) is 3.40. The zero-order chi connectivity index (χ0) is 11.9. The lowest BCUT2D eigenvalue weighted by Crippen LogP contribution is -2.17. The second kappa shape index (κ2) is 6.50. The molecule has 0 saturated heterocycles. The molecule has 3 heteroatoms. The molecule has 1 aliphatic rings. The Morgan fingerprint density at radius 2 is 1.94 bits per heavy atom. The van der Waals surface area contributed by atoms with Crippen LogP contribution in [0, 0.1) is 0 Å². The minimum Gasteiger partial charge on any atom is -0.490 e. The summed E-state index contributed by atoms with van der Waals surface area (Å²) < 4.78 is 11.3. The molecule has 0 fully saturated rings. The average Bonchev–Trinajstić information content (AvgIpc) is 2.59. The lowest BCUT2D eigenvalue weighted by Gasteiger charge is -2.09. The zero-order valence-electron chi connectivity index (χ0n) is 10.5. The van der Waals surface area contributed by atoms with E-state index in [2.05, 4.69) is 24.4 Å². The lowest BCUT2D eigenvalue weighted by molar-refractivity contribution is 0.297. The number of nitrogens with one attached hydrogen (secondary N) is 1. The smallest absolute Gasteiger partial charge is 0.161 e. The van der Waals surface area contributed by atoms with E-state index in [1.807, 2.05) is 6.07 Å². The third kappa shape index (κ3) is 3.63. The predicted octanol–water partition coefficient (Wildman–Crippen LogP) is 2.39. The summed E-state index contributed by atoms with van der Waals surface area (Å²) in [6.07, 6.45) is 3.18. The van der Waals surface area contributed by atoms with Gasteiger partial charge < -0.3 is 14.8 Å². The number of hydrogen-bond acceptors (Lipinski definition) is 3. The van der Waals surface area contributed by atoms with Crippen LogP contribution in [-0.2, 0) is 6.42 Å². The molecule has 0 bridgehead atoms. The van der Waals surface area contributed by atoms with E-state index in [4.69, 9.17) is 9.47 Å². The lowest BCUT2D eigenvalue weighted by atomic mass is 10.1. The van der Waals surface area contributed by atoms with Crippen molar-refractivity contribution in [2.24, 2.45) is 0 Å². The molecule has 0 radical (unpaired) electrons. The summed E-state index contributed by atoms with van der Waals surface area (Å²) in [7, 11) is 0. The Labute approximate surface area is 103 Å². The van der Waals surface area contributed by atoms with Gasteiger partial charge in [0.1, 0.15) is 0 Å². The van der Waals surface area contributed by atoms with Gasteiger partial charge >= 0.3 is 0 Å². The fourth-order valence-corrected chi connectivity index (χ4v) is 1.90. The van der Waals surface area contributed by atoms with E-state index in [-0.39, 0.29) is 0 Å². The van der Waals surface area contributed by atoms with Crippen molar-refractivity contribution in [1.29, 1.82) is 0 Å². The van der Waals surface area contributed by atoms with E-state index in [1.165, 1.54) is 12.0 Å². The highest BCUT2D eigenvalue weighted by molar-refractivity contribution is 5.43. The normalized spacial score (nSPS) is 14.4. The summed E-state index contributed by atoms with van der Waals surface area (Å²) in [4.78, 5) is 0. The van der Waals surface area contributed by atoms with Crippen LogP contribution in [-0.4, -0.2) is 26.3 Å². The van der Waals surface area contributed by atoms with Gasteiger partial charge in [-0.25, -0.2) is 0 Å². The first kappa shape index (κ1) is 12.2. The van der Waals surface area contributed by atoms with Crippen molar-refractivity contribution in [3.8, 4) is 11.5 Å². The summed E-state index contributed by atoms with van der Waals surface area (Å²) >= 11 is 0. The van der Waals surface area contributed by atoms with Gasteiger partial charge in [0.25, 0.3) is 0 Å². The van der Waals surface area contributed by atoms with Gasteiger partial charge in [-0.05, 0) is 43.6 Å². The van der Waals surface area contributed by atoms with Crippen molar-refractivity contribution in [2.45, 2.75) is 26.2 Å². The van der Waals surface area contributed by atoms with E-state index < -0.39 is 0 Å². The number of benzene rings is 1. The standard InChI is InChI=1S/C14H21NO2/c1-2-7-15-8-6-12-4-5-13-14(11-12)17-10-3-9-16-13/h4-5,11,15H,2-3,6-10H2,1H3. The second-order valence-electron chi connectivity index (χ2n) is 4.33. The van der Waals surface area contributed by atoms with Gasteiger partial charge in [0, 0.05) is 6.42 Å². The first-order valence-electron chi connectivity index (χ1n) is 6.49. The molecule has 1 N–H and O–H groups in total. The molecule has 0 aliphatic carbocycles. The van der Waals surface area contributed by atoms with Crippen LogP contribution in [0.1, 0.15) is 25.3 Å². The molecule has 0 saturated carbocycles. The molecule has 0 atom stereocenters. The fraction of sp³-hybridized carbons (Fsp3) is 0.571. The van der Waals surface area contributed by atoms with Gasteiger partial charge in [-0.1, -0.05) is 13.0 Å². The minimum atomic E-state index is 0.754. The van der Waals surface area contributed by atoms with E-state index in [9.17, 15) is 0 Å². The average molecular weight is 235 g/mol. The van der Waals surface area contributed by atoms with Crippen molar-refractivity contribution < 1.29 is 9.47 Å². The molecule has 17 heavy (non-hydrogen) atoms. The number of hydrogen-bond donors (Lipinski definition) is 1. The Morgan fingerprint density at radius 1 is 1.12 bits per heavy atom. The largest absolute Gasteiger partial charge is 0.490 e. The van der Waals surface area contributed by atoms with Crippen LogP contribution in [0.5, 0.6) is 11.5 Å². The third-order valence-corrected chi connectivity index (χ3v) is 2.83. The van der Waals surface area contributed by atoms with Gasteiger partial charge in [-0.2, -0.15) is 0 Å². The first-order valence-corrected chi connectivity index (χ1v) is 6.49. The van der Waals surface area contributed by atoms with Crippen LogP contribution in [0.25, 0.3) is 0 Å². The number of rotatable bonds is 5. The molecule has 0 spiro atoms. The molecule has 1 aliphatic heterocycles. The van der Waals surface area contributed by atoms with E-state index in [0.717, 1.165) is 50.6 Å². The highest BCUT2D eigenvalue weighted by Crippen LogP contribution is 2.30. The van der Waals surface area contributed by atoms with Crippen LogP contribution in [0.2, 0.25) is 0 Å². The highest BCUT2D eigenvalue weighted by atomic mass is 16.5. The predicted molar refractivity (Wildman–Crippen MR) is 68.9 cm³/mol. The summed E-state index contributed by atoms with van der Waals surface area (Å²) in [5.41, 5.74) is 1.30. The first-order chi connectivity index (χ1) is 8.40. The maximum atomic E-state index is 5.67. The maximum Gasteiger partial charge on any atom is 0.161 e. The summed E-state index contributed by atoms with van der Waals surface area (Å²) in [6.45, 7) is 5.80. The van der Waals surface area contributed by atoms with Gasteiger partial charge in [0.2, 0.25) is 0 Å². The van der Waals surface area contributed by atoms with Gasteiger partial charge in [-0.15, -0.1) is 0 Å². The molecule has 0 amide bonds. The molecule has 3 nitrogen and oxygen atoms in total. The molecule has 1 aromatic carbocycles. The summed E-state index contributed by atoms with van der Waals surface area (Å²) in [6, 6.07) is 6.26. The molecule has 0 unspecified atom stereocenters. The Hall–Kier alpha value is -1.22. The van der Waals surface area contributed by atoms with E-state index in [1.54, 1.807) is 0 Å². The molecule has 0 aromatic heterocycles. The van der Waals surface area contributed by atoms with Gasteiger partial charge in [0.15, 0.2) is 11.5 Å². The van der Waals surface area contributed by atoms with Crippen LogP contribution in [0.3, 0.4) is 0 Å². The third-order valence-electron chi connectivity index (χ3n) is 2.83. The fourth-order valence-electron chi connectivity index (χ4n) is 1.90. The quantitative estimate of drug-likeness (QED) is 0.795. The maximum absolute atomic E-state index is 5.67. The van der Waals surface area contributed by atoms with Crippen molar-refractivity contribution in [3.63, 3.8) is 0 Å². The van der Waals surface area contributed by atoms with Crippen LogP contribution < -0.4 is 14.8 Å². The minimum absolute atomic E-state index is 0.754. The Bertz CT molecular complexity index is 352. The van der Waals surface area contributed by atoms with Crippen molar-refractivity contribution in [2.75, 3.05) is 26.3 Å². The topological polar surface area (TPSA) is 30.5 Å². The van der Waals surface area contributed by atoms with Crippen LogP contribution >= 0.6 is 0 Å².